The molecule has 0 aromatic heterocycles. The van der Waals surface area contributed by atoms with Crippen molar-refractivity contribution in [2.75, 3.05) is 66.6 Å². The molecule has 1 aromatic carbocycles. The van der Waals surface area contributed by atoms with Gasteiger partial charge in [-0.05, 0) is 29.5 Å². The van der Waals surface area contributed by atoms with Crippen molar-refractivity contribution in [2.24, 2.45) is 10.4 Å². The number of guanidine groups is 1. The van der Waals surface area contributed by atoms with Crippen molar-refractivity contribution < 1.29 is 9.53 Å². The van der Waals surface area contributed by atoms with E-state index in [0.29, 0.717) is 5.96 Å². The summed E-state index contributed by atoms with van der Waals surface area (Å²) in [5.74, 6) is 0.639. The van der Waals surface area contributed by atoms with Crippen molar-refractivity contribution in [2.45, 2.75) is 20.3 Å². The molecule has 31 heavy (non-hydrogen) atoms. The number of hydrogen-bond donors (Lipinski definition) is 2. The fourth-order valence-corrected chi connectivity index (χ4v) is 3.42. The third-order valence-electron chi connectivity index (χ3n) is 5.00. The average molecular weight is 566 g/mol. The smallest absolute Gasteiger partial charge is 0.243 e. The normalized spacial score (nSPS) is 15.2. The maximum absolute atomic E-state index is 12.0. The molecule has 9 heteroatoms. The van der Waals surface area contributed by atoms with Crippen LogP contribution in [0.15, 0.2) is 29.3 Å². The Morgan fingerprint density at radius 2 is 1.97 bits per heavy atom. The molecule has 0 radical (unpaired) electrons. The highest BCUT2D eigenvalue weighted by Crippen LogP contribution is 2.22. The second-order valence-electron chi connectivity index (χ2n) is 8.66. The van der Waals surface area contributed by atoms with Gasteiger partial charge in [-0.15, -0.1) is 24.0 Å². The molecule has 1 aliphatic heterocycles. The summed E-state index contributed by atoms with van der Waals surface area (Å²) < 4.78 is 5.40. The van der Waals surface area contributed by atoms with E-state index in [-0.39, 0.29) is 41.8 Å². The van der Waals surface area contributed by atoms with E-state index in [1.165, 1.54) is 5.56 Å². The molecule has 2 N–H and O–H groups in total. The minimum atomic E-state index is -0.0255. The lowest BCUT2D eigenvalue weighted by molar-refractivity contribution is -0.127. The number of halogens is 2. The van der Waals surface area contributed by atoms with Crippen LogP contribution in [0.4, 0.5) is 0 Å². The Kier molecular flexibility index (Phi) is 12.7. The van der Waals surface area contributed by atoms with Crippen LogP contribution >= 0.6 is 35.6 Å². The summed E-state index contributed by atoms with van der Waals surface area (Å²) in [7, 11) is 3.48. The van der Waals surface area contributed by atoms with E-state index in [4.69, 9.17) is 16.3 Å². The molecule has 7 nitrogen and oxygen atoms in total. The number of carbonyl (C=O) groups is 1. The van der Waals surface area contributed by atoms with Crippen LogP contribution in [0.5, 0.6) is 0 Å². The molecule has 1 aliphatic rings. The first kappa shape index (κ1) is 27.9. The number of morpholine rings is 1. The van der Waals surface area contributed by atoms with E-state index in [0.717, 1.165) is 57.4 Å². The summed E-state index contributed by atoms with van der Waals surface area (Å²) in [6.45, 7) is 10.4. The minimum absolute atomic E-state index is 0. The maximum Gasteiger partial charge on any atom is 0.243 e. The molecule has 2 rings (SSSR count). The van der Waals surface area contributed by atoms with Gasteiger partial charge in [-0.25, -0.2) is 4.99 Å². The summed E-state index contributed by atoms with van der Waals surface area (Å²) in [5, 5.41) is 7.55. The van der Waals surface area contributed by atoms with E-state index in [1.807, 2.05) is 18.2 Å². The zero-order valence-electron chi connectivity index (χ0n) is 19.1. The second kappa shape index (κ2) is 14.1. The molecular formula is C22H37ClIN5O2. The van der Waals surface area contributed by atoms with Gasteiger partial charge >= 0.3 is 0 Å². The Bertz CT molecular complexity index is 709. The molecule has 0 bridgehead atoms. The zero-order valence-corrected chi connectivity index (χ0v) is 22.2. The van der Waals surface area contributed by atoms with Crippen LogP contribution in [0.2, 0.25) is 5.02 Å². The van der Waals surface area contributed by atoms with E-state index < -0.39 is 0 Å². The number of benzene rings is 1. The molecule has 0 atom stereocenters. The molecule has 1 saturated heterocycles. The van der Waals surface area contributed by atoms with Crippen LogP contribution in [-0.2, 0) is 16.0 Å². The van der Waals surface area contributed by atoms with Crippen molar-refractivity contribution >= 4 is 47.4 Å². The van der Waals surface area contributed by atoms with Crippen molar-refractivity contribution in [1.29, 1.82) is 0 Å². The first-order valence-corrected chi connectivity index (χ1v) is 10.9. The van der Waals surface area contributed by atoms with Gasteiger partial charge in [0.15, 0.2) is 5.96 Å². The Hall–Kier alpha value is -1.10. The van der Waals surface area contributed by atoms with Gasteiger partial charge in [0.05, 0.1) is 13.2 Å². The van der Waals surface area contributed by atoms with Gasteiger partial charge in [0.1, 0.15) is 6.54 Å². The van der Waals surface area contributed by atoms with Gasteiger partial charge in [-0.1, -0.05) is 37.6 Å². The van der Waals surface area contributed by atoms with E-state index in [9.17, 15) is 4.79 Å². The highest BCUT2D eigenvalue weighted by atomic mass is 127. The molecule has 1 amide bonds. The lowest BCUT2D eigenvalue weighted by atomic mass is 9.86. The van der Waals surface area contributed by atoms with Crippen LogP contribution in [0, 0.1) is 5.41 Å². The molecule has 1 heterocycles. The number of ether oxygens (including phenoxy) is 1. The predicted molar refractivity (Wildman–Crippen MR) is 139 cm³/mol. The van der Waals surface area contributed by atoms with Gasteiger partial charge < -0.3 is 20.3 Å². The maximum atomic E-state index is 12.0. The van der Waals surface area contributed by atoms with Crippen LogP contribution in [0.3, 0.4) is 0 Å². The predicted octanol–water partition coefficient (Wildman–Crippen LogP) is 2.48. The molecule has 1 aromatic rings. The molecule has 0 aliphatic carbocycles. The van der Waals surface area contributed by atoms with Crippen molar-refractivity contribution in [3.8, 4) is 0 Å². The highest BCUT2D eigenvalue weighted by molar-refractivity contribution is 14.0. The summed E-state index contributed by atoms with van der Waals surface area (Å²) in [6.07, 6.45) is 0.887. The molecule has 0 unspecified atom stereocenters. The average Bonchev–Trinajstić information content (AvgIpc) is 2.69. The van der Waals surface area contributed by atoms with Gasteiger partial charge in [0.2, 0.25) is 5.91 Å². The third-order valence-corrected chi connectivity index (χ3v) is 5.24. The first-order valence-electron chi connectivity index (χ1n) is 10.5. The number of hydrogen-bond acceptors (Lipinski definition) is 4. The standard InChI is InChI=1S/C22H36ClN5O2.HI/c1-22(2,15-18-6-5-7-19(23)14-18)17-26-21(25-16-20(29)27(3)4)24-8-9-28-10-12-30-13-11-28;/h5-7,14H,8-13,15-17H2,1-4H3,(H2,24,25,26);1H. The number of carbonyl (C=O) groups excluding carboxylic acids is 1. The Balaban J connectivity index is 0.00000480. The first-order chi connectivity index (χ1) is 14.2. The summed E-state index contributed by atoms with van der Waals surface area (Å²) in [4.78, 5) is 20.4. The fraction of sp³-hybridized carbons (Fsp3) is 0.636. The van der Waals surface area contributed by atoms with Gasteiger partial charge in [0, 0.05) is 51.8 Å². The monoisotopic (exact) mass is 565 g/mol. The van der Waals surface area contributed by atoms with Crippen LogP contribution in [0.1, 0.15) is 19.4 Å². The SMILES string of the molecule is CN(C)C(=O)CN=C(NCCN1CCOCC1)NCC(C)(C)Cc1cccc(Cl)c1.I. The molecule has 176 valence electrons. The van der Waals surface area contributed by atoms with Crippen LogP contribution in [-0.4, -0.2) is 88.2 Å². The number of nitrogens with zero attached hydrogens (tertiary/aromatic N) is 3. The summed E-state index contributed by atoms with van der Waals surface area (Å²) >= 11 is 6.13. The van der Waals surface area contributed by atoms with Gasteiger partial charge in [0.25, 0.3) is 0 Å². The summed E-state index contributed by atoms with van der Waals surface area (Å²) in [5.41, 5.74) is 1.19. The molecule has 1 fully saturated rings. The third kappa shape index (κ3) is 11.4. The minimum Gasteiger partial charge on any atom is -0.379 e. The Morgan fingerprint density at radius 3 is 2.61 bits per heavy atom. The van der Waals surface area contributed by atoms with Crippen molar-refractivity contribution in [1.82, 2.24) is 20.4 Å². The van der Waals surface area contributed by atoms with Crippen LogP contribution in [0.25, 0.3) is 0 Å². The lowest BCUT2D eigenvalue weighted by Gasteiger charge is -2.28. The lowest BCUT2D eigenvalue weighted by Crippen LogP contribution is -2.47. The topological polar surface area (TPSA) is 69.2 Å². The largest absolute Gasteiger partial charge is 0.379 e. The molecule has 0 saturated carbocycles. The van der Waals surface area contributed by atoms with Gasteiger partial charge in [-0.3, -0.25) is 9.69 Å². The van der Waals surface area contributed by atoms with Crippen molar-refractivity contribution in [3.05, 3.63) is 34.9 Å². The number of likely N-dealkylation sites (N-methyl/N-ethyl adjacent to an activating group) is 1. The number of rotatable bonds is 9. The number of nitrogens with one attached hydrogen (secondary N) is 2. The second-order valence-corrected chi connectivity index (χ2v) is 9.09. The zero-order chi connectivity index (χ0) is 22.0. The highest BCUT2D eigenvalue weighted by Gasteiger charge is 2.20. The van der Waals surface area contributed by atoms with E-state index >= 15 is 0 Å². The van der Waals surface area contributed by atoms with E-state index in [1.54, 1.807) is 19.0 Å². The number of amides is 1. The quantitative estimate of drug-likeness (QED) is 0.274. The Morgan fingerprint density at radius 1 is 1.26 bits per heavy atom. The van der Waals surface area contributed by atoms with E-state index in [2.05, 4.69) is 40.4 Å². The van der Waals surface area contributed by atoms with Crippen molar-refractivity contribution in [3.63, 3.8) is 0 Å². The van der Waals surface area contributed by atoms with Gasteiger partial charge in [-0.2, -0.15) is 0 Å². The molecule has 0 spiro atoms. The Labute approximate surface area is 209 Å². The van der Waals surface area contributed by atoms with Crippen LogP contribution < -0.4 is 10.6 Å². The molecular weight excluding hydrogens is 529 g/mol. The number of aliphatic imine (C=N–C) groups is 1. The fourth-order valence-electron chi connectivity index (χ4n) is 3.20. The summed E-state index contributed by atoms with van der Waals surface area (Å²) in [6, 6.07) is 7.98.